The number of nitrogens with one attached hydrogen (secondary N) is 2. The summed E-state index contributed by atoms with van der Waals surface area (Å²) in [6.07, 6.45) is 0.521. The van der Waals surface area contributed by atoms with Crippen LogP contribution in [0.1, 0.15) is 23.5 Å². The summed E-state index contributed by atoms with van der Waals surface area (Å²) in [6, 6.07) is 0. The highest BCUT2D eigenvalue weighted by Crippen LogP contribution is 1.99. The maximum atomic E-state index is 11.6. The summed E-state index contributed by atoms with van der Waals surface area (Å²) in [5.41, 5.74) is 0.688. The van der Waals surface area contributed by atoms with Crippen LogP contribution in [-0.2, 0) is 11.2 Å². The van der Waals surface area contributed by atoms with Crippen LogP contribution in [-0.4, -0.2) is 34.1 Å². The Morgan fingerprint density at radius 2 is 2.18 bits per heavy atom. The molecule has 6 nitrogen and oxygen atoms in total. The molecule has 0 fully saturated rings. The average Bonchev–Trinajstić information content (AvgIpc) is 2.24. The SMILES string of the molecule is Cc1nc(C)c(CC(=O)NCCCO)c(=O)[nH]1. The number of hydrogen-bond donors (Lipinski definition) is 3. The first-order chi connectivity index (χ1) is 8.04. The van der Waals surface area contributed by atoms with Crippen molar-refractivity contribution in [2.45, 2.75) is 26.7 Å². The van der Waals surface area contributed by atoms with Crippen LogP contribution in [0.3, 0.4) is 0 Å². The van der Waals surface area contributed by atoms with Crippen molar-refractivity contribution in [1.82, 2.24) is 15.3 Å². The summed E-state index contributed by atoms with van der Waals surface area (Å²) < 4.78 is 0. The molecular formula is C11H17N3O3. The van der Waals surface area contributed by atoms with Gasteiger partial charge in [0.05, 0.1) is 6.42 Å². The zero-order valence-electron chi connectivity index (χ0n) is 10.0. The Labute approximate surface area is 99.1 Å². The number of aliphatic hydroxyl groups excluding tert-OH is 1. The lowest BCUT2D eigenvalue weighted by Crippen LogP contribution is -2.30. The van der Waals surface area contributed by atoms with Crippen molar-refractivity contribution in [2.24, 2.45) is 0 Å². The highest BCUT2D eigenvalue weighted by atomic mass is 16.3. The molecule has 0 radical (unpaired) electrons. The van der Waals surface area contributed by atoms with Gasteiger partial charge in [-0.15, -0.1) is 0 Å². The van der Waals surface area contributed by atoms with Crippen LogP contribution in [0.15, 0.2) is 4.79 Å². The van der Waals surface area contributed by atoms with Gasteiger partial charge in [0.1, 0.15) is 5.82 Å². The van der Waals surface area contributed by atoms with Crippen molar-refractivity contribution < 1.29 is 9.90 Å². The Balaban J connectivity index is 2.69. The fourth-order valence-corrected chi connectivity index (χ4v) is 1.49. The lowest BCUT2D eigenvalue weighted by atomic mass is 10.1. The van der Waals surface area contributed by atoms with Crippen molar-refractivity contribution in [3.05, 3.63) is 27.4 Å². The van der Waals surface area contributed by atoms with E-state index in [1.807, 2.05) is 0 Å². The fraction of sp³-hybridized carbons (Fsp3) is 0.545. The van der Waals surface area contributed by atoms with Gasteiger partial charge in [-0.05, 0) is 20.3 Å². The first-order valence-electron chi connectivity index (χ1n) is 5.48. The molecule has 3 N–H and O–H groups in total. The Kier molecular flexibility index (Phi) is 4.84. The summed E-state index contributed by atoms with van der Waals surface area (Å²) in [6.45, 7) is 3.84. The van der Waals surface area contributed by atoms with Crippen molar-refractivity contribution in [3.8, 4) is 0 Å². The van der Waals surface area contributed by atoms with Crippen LogP contribution >= 0.6 is 0 Å². The van der Waals surface area contributed by atoms with Gasteiger partial charge in [-0.3, -0.25) is 9.59 Å². The van der Waals surface area contributed by atoms with E-state index in [0.717, 1.165) is 0 Å². The molecule has 0 saturated heterocycles. The molecule has 0 atom stereocenters. The summed E-state index contributed by atoms with van der Waals surface area (Å²) in [5.74, 6) is 0.301. The van der Waals surface area contributed by atoms with Gasteiger partial charge in [0.25, 0.3) is 5.56 Å². The normalized spacial score (nSPS) is 10.3. The summed E-state index contributed by atoms with van der Waals surface area (Å²) >= 11 is 0. The molecule has 17 heavy (non-hydrogen) atoms. The Morgan fingerprint density at radius 3 is 2.76 bits per heavy atom. The standard InChI is InChI=1S/C11H17N3O3/c1-7-9(11(17)14-8(2)13-7)6-10(16)12-4-3-5-15/h15H,3-6H2,1-2H3,(H,12,16)(H,13,14,17). The van der Waals surface area contributed by atoms with E-state index in [1.54, 1.807) is 13.8 Å². The maximum absolute atomic E-state index is 11.6. The number of nitrogens with zero attached hydrogens (tertiary/aromatic N) is 1. The predicted octanol–water partition coefficient (Wildman–Crippen LogP) is -0.572. The van der Waals surface area contributed by atoms with Crippen LogP contribution < -0.4 is 10.9 Å². The Bertz CT molecular complexity index is 454. The molecule has 1 amide bonds. The number of carbonyl (C=O) groups is 1. The van der Waals surface area contributed by atoms with Crippen molar-refractivity contribution in [2.75, 3.05) is 13.2 Å². The topological polar surface area (TPSA) is 95.1 Å². The summed E-state index contributed by atoms with van der Waals surface area (Å²) in [7, 11) is 0. The number of aromatic amines is 1. The Hall–Kier alpha value is -1.69. The zero-order chi connectivity index (χ0) is 12.8. The minimum Gasteiger partial charge on any atom is -0.396 e. The largest absolute Gasteiger partial charge is 0.396 e. The molecule has 1 aromatic rings. The van der Waals surface area contributed by atoms with Gasteiger partial charge in [0.15, 0.2) is 0 Å². The highest BCUT2D eigenvalue weighted by molar-refractivity contribution is 5.78. The molecule has 6 heteroatoms. The van der Waals surface area contributed by atoms with Crippen LogP contribution in [0.25, 0.3) is 0 Å². The third-order valence-electron chi connectivity index (χ3n) is 2.34. The number of hydrogen-bond acceptors (Lipinski definition) is 4. The van der Waals surface area contributed by atoms with Gasteiger partial charge in [-0.1, -0.05) is 0 Å². The smallest absolute Gasteiger partial charge is 0.254 e. The number of H-pyrrole nitrogens is 1. The van der Waals surface area contributed by atoms with Crippen LogP contribution in [0, 0.1) is 13.8 Å². The van der Waals surface area contributed by atoms with E-state index in [9.17, 15) is 9.59 Å². The van der Waals surface area contributed by atoms with Crippen molar-refractivity contribution >= 4 is 5.91 Å². The Morgan fingerprint density at radius 1 is 1.47 bits per heavy atom. The van der Waals surface area contributed by atoms with E-state index in [-0.39, 0.29) is 24.5 Å². The van der Waals surface area contributed by atoms with E-state index >= 15 is 0 Å². The van der Waals surface area contributed by atoms with Gasteiger partial charge in [0.2, 0.25) is 5.91 Å². The van der Waals surface area contributed by atoms with E-state index < -0.39 is 0 Å². The first kappa shape index (κ1) is 13.4. The number of amides is 1. The third kappa shape index (κ3) is 3.99. The van der Waals surface area contributed by atoms with Gasteiger partial charge >= 0.3 is 0 Å². The minimum absolute atomic E-state index is 0.0138. The molecule has 1 rings (SSSR count). The molecular weight excluding hydrogens is 222 g/mol. The first-order valence-corrected chi connectivity index (χ1v) is 5.48. The molecule has 0 aromatic carbocycles. The zero-order valence-corrected chi connectivity index (χ0v) is 10.0. The summed E-state index contributed by atoms with van der Waals surface area (Å²) in [5, 5.41) is 11.2. The van der Waals surface area contributed by atoms with Gasteiger partial charge in [-0.25, -0.2) is 4.98 Å². The molecule has 94 valence electrons. The number of carbonyl (C=O) groups excluding carboxylic acids is 1. The van der Waals surface area contributed by atoms with Crippen molar-refractivity contribution in [3.63, 3.8) is 0 Å². The molecule has 0 spiro atoms. The lowest BCUT2D eigenvalue weighted by molar-refractivity contribution is -0.120. The molecule has 1 heterocycles. The quantitative estimate of drug-likeness (QED) is 0.599. The molecule has 0 aliphatic rings. The fourth-order valence-electron chi connectivity index (χ4n) is 1.49. The maximum Gasteiger partial charge on any atom is 0.254 e. The van der Waals surface area contributed by atoms with E-state index in [1.165, 1.54) is 0 Å². The minimum atomic E-state index is -0.271. The number of aliphatic hydroxyl groups is 1. The van der Waals surface area contributed by atoms with E-state index in [0.29, 0.717) is 30.0 Å². The number of aromatic nitrogens is 2. The predicted molar refractivity (Wildman–Crippen MR) is 62.7 cm³/mol. The van der Waals surface area contributed by atoms with E-state index in [2.05, 4.69) is 15.3 Å². The van der Waals surface area contributed by atoms with Crippen LogP contribution in [0.2, 0.25) is 0 Å². The van der Waals surface area contributed by atoms with Crippen LogP contribution in [0.4, 0.5) is 0 Å². The lowest BCUT2D eigenvalue weighted by Gasteiger charge is -2.06. The third-order valence-corrected chi connectivity index (χ3v) is 2.34. The van der Waals surface area contributed by atoms with Gasteiger partial charge in [-0.2, -0.15) is 0 Å². The monoisotopic (exact) mass is 239 g/mol. The molecule has 0 unspecified atom stereocenters. The molecule has 0 bridgehead atoms. The second-order valence-corrected chi connectivity index (χ2v) is 3.82. The summed E-state index contributed by atoms with van der Waals surface area (Å²) in [4.78, 5) is 29.8. The molecule has 0 saturated carbocycles. The molecule has 0 aliphatic carbocycles. The average molecular weight is 239 g/mol. The van der Waals surface area contributed by atoms with Crippen molar-refractivity contribution in [1.29, 1.82) is 0 Å². The molecule has 0 aliphatic heterocycles. The number of rotatable bonds is 5. The number of aryl methyl sites for hydroxylation is 2. The van der Waals surface area contributed by atoms with Gasteiger partial charge < -0.3 is 15.4 Å². The van der Waals surface area contributed by atoms with Gasteiger partial charge in [0, 0.05) is 24.4 Å². The molecule has 1 aromatic heterocycles. The second kappa shape index (κ2) is 6.15. The van der Waals surface area contributed by atoms with Crippen LogP contribution in [0.5, 0.6) is 0 Å². The second-order valence-electron chi connectivity index (χ2n) is 3.82. The van der Waals surface area contributed by atoms with E-state index in [4.69, 9.17) is 5.11 Å². The highest BCUT2D eigenvalue weighted by Gasteiger charge is 2.11.